The minimum absolute atomic E-state index is 0.208. The highest BCUT2D eigenvalue weighted by atomic mass is 32.1. The molecule has 1 aliphatic rings. The van der Waals surface area contributed by atoms with E-state index in [1.54, 1.807) is 0 Å². The van der Waals surface area contributed by atoms with Crippen LogP contribution in [0.3, 0.4) is 0 Å². The van der Waals surface area contributed by atoms with Crippen LogP contribution in [-0.2, 0) is 24.2 Å². The molecule has 0 saturated carbocycles. The number of carboxylic acids is 1. The summed E-state index contributed by atoms with van der Waals surface area (Å²) in [5.74, 6) is -2.47. The third kappa shape index (κ3) is 4.39. The van der Waals surface area contributed by atoms with E-state index in [1.807, 2.05) is 18.2 Å². The lowest BCUT2D eigenvalue weighted by atomic mass is 10.0. The number of hydrogen-bond donors (Lipinski definition) is 2. The maximum absolute atomic E-state index is 12.8. The van der Waals surface area contributed by atoms with Crippen LogP contribution in [0.4, 0.5) is 5.00 Å². The summed E-state index contributed by atoms with van der Waals surface area (Å²) in [7, 11) is 1.30. The van der Waals surface area contributed by atoms with Crippen molar-refractivity contribution in [3.63, 3.8) is 0 Å². The van der Waals surface area contributed by atoms with Gasteiger partial charge < -0.3 is 15.2 Å². The summed E-state index contributed by atoms with van der Waals surface area (Å²) in [4.78, 5) is 44.0. The van der Waals surface area contributed by atoms with Crippen LogP contribution in [0.2, 0.25) is 0 Å². The fraction of sp³-hybridized carbons (Fsp3) is 0.217. The molecular formula is C23H21N3O5S. The van der Waals surface area contributed by atoms with Crippen LogP contribution in [0.15, 0.2) is 48.7 Å². The van der Waals surface area contributed by atoms with Crippen molar-refractivity contribution in [3.8, 4) is 0 Å². The summed E-state index contributed by atoms with van der Waals surface area (Å²) in [6, 6.07) is 12.9. The van der Waals surface area contributed by atoms with Crippen LogP contribution in [0.1, 0.15) is 47.2 Å². The molecule has 2 N–H and O–H groups in total. The van der Waals surface area contributed by atoms with Gasteiger partial charge in [-0.2, -0.15) is 0 Å². The largest absolute Gasteiger partial charge is 0.478 e. The van der Waals surface area contributed by atoms with Gasteiger partial charge >= 0.3 is 11.9 Å². The molecule has 0 fully saturated rings. The topological polar surface area (TPSA) is 109 Å². The molecule has 0 atom stereocenters. The molecule has 0 aliphatic carbocycles. The molecule has 2 aromatic heterocycles. The molecular weight excluding hydrogens is 430 g/mol. The standard InChI is InChI=1S/C23H21N3O5S/c1-31-23(30)18-15-9-11-26(12-14-6-3-2-4-7-14)13-17(15)32-21(18)25-20(27)19-16(22(28)29)8-5-10-24-19/h2-8,10H,9,11-13H2,1H3,(H,25,27)(H,28,29). The van der Waals surface area contributed by atoms with Crippen LogP contribution in [-0.4, -0.2) is 46.5 Å². The number of amides is 1. The second-order valence-corrected chi connectivity index (χ2v) is 8.41. The third-order valence-electron chi connectivity index (χ3n) is 5.25. The summed E-state index contributed by atoms with van der Waals surface area (Å²) >= 11 is 1.31. The lowest BCUT2D eigenvalue weighted by molar-refractivity contribution is 0.0599. The average Bonchev–Trinajstić information content (AvgIpc) is 3.16. The molecule has 9 heteroatoms. The van der Waals surface area contributed by atoms with Gasteiger partial charge in [0.25, 0.3) is 5.91 Å². The summed E-state index contributed by atoms with van der Waals surface area (Å²) in [6.07, 6.45) is 1.99. The van der Waals surface area contributed by atoms with Gasteiger partial charge in [0, 0.05) is 30.7 Å². The van der Waals surface area contributed by atoms with E-state index in [0.29, 0.717) is 23.5 Å². The van der Waals surface area contributed by atoms with E-state index in [9.17, 15) is 19.5 Å². The Hall–Kier alpha value is -3.56. The van der Waals surface area contributed by atoms with Crippen molar-refractivity contribution in [3.05, 3.63) is 81.5 Å². The van der Waals surface area contributed by atoms with Crippen molar-refractivity contribution in [1.29, 1.82) is 0 Å². The van der Waals surface area contributed by atoms with Crippen LogP contribution in [0, 0.1) is 0 Å². The predicted molar refractivity (Wildman–Crippen MR) is 119 cm³/mol. The summed E-state index contributed by atoms with van der Waals surface area (Å²) < 4.78 is 4.97. The first-order valence-electron chi connectivity index (χ1n) is 9.96. The van der Waals surface area contributed by atoms with Gasteiger partial charge in [-0.25, -0.2) is 9.59 Å². The molecule has 0 radical (unpaired) electrons. The zero-order valence-corrected chi connectivity index (χ0v) is 18.1. The lowest BCUT2D eigenvalue weighted by Gasteiger charge is -2.27. The monoisotopic (exact) mass is 451 g/mol. The van der Waals surface area contributed by atoms with Gasteiger partial charge in [0.05, 0.1) is 18.2 Å². The van der Waals surface area contributed by atoms with Crippen molar-refractivity contribution < 1.29 is 24.2 Å². The average molecular weight is 452 g/mol. The first-order chi connectivity index (χ1) is 15.5. The highest BCUT2D eigenvalue weighted by Gasteiger charge is 2.30. The maximum Gasteiger partial charge on any atom is 0.341 e. The van der Waals surface area contributed by atoms with Gasteiger partial charge in [-0.3, -0.25) is 14.7 Å². The van der Waals surface area contributed by atoms with Gasteiger partial charge in [0.15, 0.2) is 0 Å². The number of fused-ring (bicyclic) bond motifs is 1. The van der Waals surface area contributed by atoms with Gasteiger partial charge in [0.1, 0.15) is 10.7 Å². The summed E-state index contributed by atoms with van der Waals surface area (Å²) in [5, 5.41) is 12.4. The second-order valence-electron chi connectivity index (χ2n) is 7.30. The molecule has 4 rings (SSSR count). The van der Waals surface area contributed by atoms with Crippen molar-refractivity contribution in [2.45, 2.75) is 19.5 Å². The number of nitrogens with one attached hydrogen (secondary N) is 1. The van der Waals surface area contributed by atoms with Crippen LogP contribution in [0.25, 0.3) is 0 Å². The number of carbonyl (C=O) groups excluding carboxylic acids is 2. The van der Waals surface area contributed by atoms with E-state index < -0.39 is 17.8 Å². The van der Waals surface area contributed by atoms with Gasteiger partial charge in [-0.1, -0.05) is 30.3 Å². The number of nitrogens with zero attached hydrogens (tertiary/aromatic N) is 2. The van der Waals surface area contributed by atoms with Gasteiger partial charge in [0.2, 0.25) is 0 Å². The molecule has 0 saturated heterocycles. The van der Waals surface area contributed by atoms with Crippen molar-refractivity contribution >= 4 is 34.2 Å². The quantitative estimate of drug-likeness (QED) is 0.553. The van der Waals surface area contributed by atoms with E-state index in [1.165, 1.54) is 42.3 Å². The molecule has 1 amide bonds. The molecule has 1 aliphatic heterocycles. The van der Waals surface area contributed by atoms with E-state index in [2.05, 4.69) is 27.3 Å². The molecule has 8 nitrogen and oxygen atoms in total. The number of ether oxygens (including phenoxy) is 1. The smallest absolute Gasteiger partial charge is 0.341 e. The minimum atomic E-state index is -1.25. The lowest BCUT2D eigenvalue weighted by Crippen LogP contribution is -2.29. The Morgan fingerprint density at radius 1 is 1.19 bits per heavy atom. The maximum atomic E-state index is 12.8. The van der Waals surface area contributed by atoms with Crippen LogP contribution >= 0.6 is 11.3 Å². The Bertz CT molecular complexity index is 1180. The number of pyridine rings is 1. The third-order valence-corrected chi connectivity index (χ3v) is 6.39. The Labute approximate surface area is 188 Å². The van der Waals surface area contributed by atoms with Gasteiger partial charge in [-0.05, 0) is 29.7 Å². The van der Waals surface area contributed by atoms with Gasteiger partial charge in [-0.15, -0.1) is 11.3 Å². The highest BCUT2D eigenvalue weighted by molar-refractivity contribution is 7.17. The van der Waals surface area contributed by atoms with Crippen molar-refractivity contribution in [2.75, 3.05) is 19.0 Å². The second kappa shape index (κ2) is 9.29. The number of esters is 1. The molecule has 0 spiro atoms. The molecule has 3 heterocycles. The minimum Gasteiger partial charge on any atom is -0.478 e. The first-order valence-corrected chi connectivity index (χ1v) is 10.8. The number of thiophene rings is 1. The number of methoxy groups -OCH3 is 1. The number of rotatable bonds is 6. The first kappa shape index (κ1) is 21.7. The molecule has 3 aromatic rings. The number of hydrogen-bond acceptors (Lipinski definition) is 7. The molecule has 0 bridgehead atoms. The number of benzene rings is 1. The zero-order chi connectivity index (χ0) is 22.7. The fourth-order valence-electron chi connectivity index (χ4n) is 3.76. The number of anilines is 1. The Morgan fingerprint density at radius 2 is 1.97 bits per heavy atom. The summed E-state index contributed by atoms with van der Waals surface area (Å²) in [5.41, 5.74) is 1.97. The molecule has 32 heavy (non-hydrogen) atoms. The number of aromatic carboxylic acids is 1. The molecule has 164 valence electrons. The Balaban J connectivity index is 1.62. The predicted octanol–water partition coefficient (Wildman–Crippen LogP) is 3.44. The Morgan fingerprint density at radius 3 is 2.69 bits per heavy atom. The van der Waals surface area contributed by atoms with Crippen LogP contribution in [0.5, 0.6) is 0 Å². The SMILES string of the molecule is COC(=O)c1c(NC(=O)c2ncccc2C(=O)O)sc2c1CCN(Cc1ccccc1)C2. The number of carbonyl (C=O) groups is 3. The van der Waals surface area contributed by atoms with E-state index in [-0.39, 0.29) is 11.3 Å². The fourth-order valence-corrected chi connectivity index (χ4v) is 5.03. The zero-order valence-electron chi connectivity index (χ0n) is 17.3. The van der Waals surface area contributed by atoms with Crippen LogP contribution < -0.4 is 5.32 Å². The normalized spacial score (nSPS) is 13.3. The molecule has 1 aromatic carbocycles. The summed E-state index contributed by atoms with van der Waals surface area (Å²) in [6.45, 7) is 2.18. The van der Waals surface area contributed by atoms with E-state index in [0.717, 1.165) is 23.5 Å². The Kier molecular flexibility index (Phi) is 6.29. The van der Waals surface area contributed by atoms with E-state index >= 15 is 0 Å². The van der Waals surface area contributed by atoms with E-state index in [4.69, 9.17) is 4.74 Å². The number of aromatic nitrogens is 1. The number of carboxylic acid groups (broad SMARTS) is 1. The highest BCUT2D eigenvalue weighted by Crippen LogP contribution is 2.38. The van der Waals surface area contributed by atoms with Crippen molar-refractivity contribution in [2.24, 2.45) is 0 Å². The van der Waals surface area contributed by atoms with Crippen molar-refractivity contribution in [1.82, 2.24) is 9.88 Å². The molecule has 0 unspecified atom stereocenters.